The topological polar surface area (TPSA) is 12.9 Å². The Balaban J connectivity index is 1.73. The number of nitrogens with zero attached hydrogens (tertiary/aromatic N) is 1. The first-order valence-corrected chi connectivity index (χ1v) is 16.7. The third-order valence-corrected chi connectivity index (χ3v) is 11.8. The Morgan fingerprint density at radius 2 is 1.50 bits per heavy atom. The molecule has 0 atom stereocenters. The fourth-order valence-electron chi connectivity index (χ4n) is 7.03. The van der Waals surface area contributed by atoms with Crippen molar-refractivity contribution in [3.63, 3.8) is 0 Å². The zero-order valence-corrected chi connectivity index (χ0v) is 27.9. The number of fused-ring (bicyclic) bond motifs is 6. The van der Waals surface area contributed by atoms with E-state index in [1.807, 2.05) is 0 Å². The van der Waals surface area contributed by atoms with Gasteiger partial charge in [0.15, 0.2) is 0 Å². The summed E-state index contributed by atoms with van der Waals surface area (Å²) in [5.74, 6) is 0. The second-order valence-electron chi connectivity index (χ2n) is 15.8. The summed E-state index contributed by atoms with van der Waals surface area (Å²) in [6.45, 7) is 24.1. The molecule has 0 saturated carbocycles. The van der Waals surface area contributed by atoms with Gasteiger partial charge >= 0.3 is 248 Å². The van der Waals surface area contributed by atoms with Gasteiger partial charge in [0.1, 0.15) is 0 Å². The van der Waals surface area contributed by atoms with E-state index in [1.165, 1.54) is 55.5 Å². The van der Waals surface area contributed by atoms with Gasteiger partial charge in [-0.25, -0.2) is 0 Å². The zero-order chi connectivity index (χ0) is 28.8. The molecule has 40 heavy (non-hydrogen) atoms. The number of aromatic nitrogens is 1. The first-order valence-electron chi connectivity index (χ1n) is 15.0. The van der Waals surface area contributed by atoms with Gasteiger partial charge in [-0.3, -0.25) is 0 Å². The molecule has 0 spiro atoms. The summed E-state index contributed by atoms with van der Waals surface area (Å²) >= 11 is 0.213. The molecule has 0 saturated heterocycles. The second kappa shape index (κ2) is 9.04. The maximum atomic E-state index is 5.13. The average Bonchev–Trinajstić information content (AvgIpc) is 3.24. The maximum absolute atomic E-state index is 5.13. The molecule has 0 aliphatic heterocycles. The van der Waals surface area contributed by atoms with Gasteiger partial charge in [0, 0.05) is 0 Å². The Bertz CT molecular complexity index is 1780. The van der Waals surface area contributed by atoms with Crippen LogP contribution in [0.25, 0.3) is 41.3 Å². The molecule has 0 unspecified atom stereocenters. The van der Waals surface area contributed by atoms with Crippen molar-refractivity contribution in [2.75, 3.05) is 0 Å². The van der Waals surface area contributed by atoms with E-state index in [0.29, 0.717) is 0 Å². The molecule has 1 aliphatic rings. The summed E-state index contributed by atoms with van der Waals surface area (Å²) in [6.07, 6.45) is 5.66. The van der Waals surface area contributed by atoms with Crippen molar-refractivity contribution < 1.29 is 0 Å². The minimum atomic E-state index is 0.0518. The van der Waals surface area contributed by atoms with E-state index in [4.69, 9.17) is 4.98 Å². The van der Waals surface area contributed by atoms with E-state index in [-0.39, 0.29) is 36.2 Å². The molecule has 0 amide bonds. The Hall–Kier alpha value is -2.41. The Kier molecular flexibility index (Phi) is 6.27. The summed E-state index contributed by atoms with van der Waals surface area (Å²) in [7, 11) is 0. The molecule has 2 aromatic heterocycles. The van der Waals surface area contributed by atoms with Crippen molar-refractivity contribution >= 4 is 44.6 Å². The van der Waals surface area contributed by atoms with Crippen LogP contribution in [0.3, 0.4) is 0 Å². The zero-order valence-electron chi connectivity index (χ0n) is 26.2. The quantitative estimate of drug-likeness (QED) is 0.185. The van der Waals surface area contributed by atoms with Gasteiger partial charge in [-0.1, -0.05) is 0 Å². The fraction of sp³-hybridized carbons (Fsp3) is 0.447. The van der Waals surface area contributed by atoms with Crippen LogP contribution in [-0.2, 0) is 22.7 Å². The molecule has 208 valence electrons. The molecular formula is C38H45NSe. The summed E-state index contributed by atoms with van der Waals surface area (Å²) < 4.78 is 3.12. The molecule has 3 aromatic carbocycles. The number of hydrogen-bond donors (Lipinski definition) is 0. The molecule has 5 aromatic rings. The number of hydrogen-bond acceptors (Lipinski definition) is 1. The van der Waals surface area contributed by atoms with Crippen LogP contribution in [0.15, 0.2) is 54.7 Å². The standard InChI is InChI=1S/C38H45NSe/c1-35(2,3)22-25-21-29-31(38(9,10)17-16-37(29,7)8)34-30(25)27-15-18-39-32(33(27)40-34)24-19-23-13-11-12-14-26(23)28(20-24)36(4,5)6/h11-15,18-21H,16-17,22H2,1-10H3. The van der Waals surface area contributed by atoms with Crippen LogP contribution >= 0.6 is 0 Å². The third-order valence-electron chi connectivity index (χ3n) is 9.19. The minimum absolute atomic E-state index is 0.0518. The number of pyridine rings is 1. The summed E-state index contributed by atoms with van der Waals surface area (Å²) in [6, 6.07) is 18.6. The molecule has 2 heteroatoms. The van der Waals surface area contributed by atoms with Gasteiger partial charge in [-0.2, -0.15) is 0 Å². The Morgan fingerprint density at radius 3 is 2.20 bits per heavy atom. The van der Waals surface area contributed by atoms with Crippen molar-refractivity contribution in [2.45, 2.75) is 105 Å². The van der Waals surface area contributed by atoms with Crippen LogP contribution < -0.4 is 0 Å². The molecule has 0 N–H and O–H groups in total. The van der Waals surface area contributed by atoms with Crippen LogP contribution in [0.1, 0.15) is 104 Å². The van der Waals surface area contributed by atoms with Gasteiger partial charge < -0.3 is 0 Å². The van der Waals surface area contributed by atoms with E-state index >= 15 is 0 Å². The molecule has 0 radical (unpaired) electrons. The molecule has 1 nitrogen and oxygen atoms in total. The van der Waals surface area contributed by atoms with Crippen molar-refractivity contribution in [2.24, 2.45) is 5.41 Å². The van der Waals surface area contributed by atoms with Crippen LogP contribution in [0.4, 0.5) is 0 Å². The summed E-state index contributed by atoms with van der Waals surface area (Å²) in [5.41, 5.74) is 9.31. The predicted octanol–water partition coefficient (Wildman–Crippen LogP) is 10.5. The van der Waals surface area contributed by atoms with Crippen molar-refractivity contribution in [1.82, 2.24) is 4.98 Å². The van der Waals surface area contributed by atoms with Gasteiger partial charge in [-0.05, 0) is 0 Å². The third kappa shape index (κ3) is 4.56. The average molecular weight is 595 g/mol. The summed E-state index contributed by atoms with van der Waals surface area (Å²) in [4.78, 5) is 5.13. The van der Waals surface area contributed by atoms with Crippen LogP contribution in [-0.4, -0.2) is 19.5 Å². The van der Waals surface area contributed by atoms with E-state index in [0.717, 1.165) is 6.42 Å². The van der Waals surface area contributed by atoms with Crippen LogP contribution in [0.5, 0.6) is 0 Å². The molecule has 0 fully saturated rings. The van der Waals surface area contributed by atoms with Crippen molar-refractivity contribution in [1.29, 1.82) is 0 Å². The first kappa shape index (κ1) is 27.7. The normalized spacial score (nSPS) is 17.1. The van der Waals surface area contributed by atoms with Gasteiger partial charge in [0.2, 0.25) is 0 Å². The van der Waals surface area contributed by atoms with Crippen LogP contribution in [0.2, 0.25) is 0 Å². The van der Waals surface area contributed by atoms with E-state index in [9.17, 15) is 0 Å². The van der Waals surface area contributed by atoms with Gasteiger partial charge in [0.25, 0.3) is 0 Å². The molecule has 6 rings (SSSR count). The molecule has 0 bridgehead atoms. The molecule has 1 aliphatic carbocycles. The van der Waals surface area contributed by atoms with Crippen LogP contribution in [0, 0.1) is 5.41 Å². The molecular weight excluding hydrogens is 549 g/mol. The van der Waals surface area contributed by atoms with E-state index in [1.54, 1.807) is 21.0 Å². The Labute approximate surface area is 247 Å². The van der Waals surface area contributed by atoms with Gasteiger partial charge in [0.05, 0.1) is 0 Å². The second-order valence-corrected chi connectivity index (χ2v) is 17.9. The number of rotatable bonds is 2. The SMILES string of the molecule is CC(C)(C)Cc1cc2c(c3[se]c4c(-c5cc(C(C)(C)C)c6ccccc6c5)nccc4c13)C(C)(C)CCC2(C)C. The van der Waals surface area contributed by atoms with E-state index in [2.05, 4.69) is 124 Å². The summed E-state index contributed by atoms with van der Waals surface area (Å²) in [5, 5.41) is 5.63. The first-order chi connectivity index (χ1) is 18.6. The van der Waals surface area contributed by atoms with E-state index < -0.39 is 0 Å². The van der Waals surface area contributed by atoms with Gasteiger partial charge in [-0.15, -0.1) is 0 Å². The van der Waals surface area contributed by atoms with Crippen molar-refractivity contribution in [3.8, 4) is 11.3 Å². The Morgan fingerprint density at radius 1 is 0.800 bits per heavy atom. The number of benzene rings is 3. The predicted molar refractivity (Wildman–Crippen MR) is 176 cm³/mol. The molecule has 2 heterocycles. The van der Waals surface area contributed by atoms with Crippen molar-refractivity contribution in [3.05, 3.63) is 77.0 Å². The monoisotopic (exact) mass is 595 g/mol. The fourth-order valence-corrected chi connectivity index (χ4v) is 10.4.